The van der Waals surface area contributed by atoms with Gasteiger partial charge >= 0.3 is 11.8 Å². The van der Waals surface area contributed by atoms with Gasteiger partial charge in [0.25, 0.3) is 5.91 Å². The lowest BCUT2D eigenvalue weighted by Crippen LogP contribution is -2.36. The topological polar surface area (TPSA) is 92.2 Å². The number of rotatable bonds is 4. The number of hydrogen-bond donors (Lipinski definition) is 3. The van der Waals surface area contributed by atoms with E-state index in [1.54, 1.807) is 24.3 Å². The number of nitrogens with one attached hydrogen (secondary N) is 3. The van der Waals surface area contributed by atoms with Crippen LogP contribution >= 0.6 is 15.9 Å². The van der Waals surface area contributed by atoms with Gasteiger partial charge in [0.15, 0.2) is 0 Å². The normalized spacial score (nSPS) is 10.8. The molecule has 4 aromatic rings. The maximum Gasteiger partial charge on any atom is 0.328 e. The van der Waals surface area contributed by atoms with Gasteiger partial charge in [-0.3, -0.25) is 19.8 Å². The van der Waals surface area contributed by atoms with Crippen LogP contribution in [0, 0.1) is 27.7 Å². The quantitative estimate of drug-likeness (QED) is 0.299. The molecule has 1 aromatic heterocycles. The van der Waals surface area contributed by atoms with Gasteiger partial charge in [-0.1, -0.05) is 34.1 Å². The highest BCUT2D eigenvalue weighted by molar-refractivity contribution is 9.10. The van der Waals surface area contributed by atoms with E-state index in [9.17, 15) is 14.4 Å². The number of aromatic nitrogens is 1. The van der Waals surface area contributed by atoms with Crippen molar-refractivity contribution in [1.82, 2.24) is 4.68 Å². The molecule has 0 spiro atoms. The molecule has 0 bridgehead atoms. The number of carbonyl (C=O) groups is 3. The summed E-state index contributed by atoms with van der Waals surface area (Å²) < 4.78 is 2.16. The largest absolute Gasteiger partial charge is 0.328 e. The van der Waals surface area contributed by atoms with Gasteiger partial charge in [-0.15, -0.1) is 0 Å². The molecule has 178 valence electrons. The first-order chi connectivity index (χ1) is 16.6. The molecule has 7 nitrogen and oxygen atoms in total. The van der Waals surface area contributed by atoms with Gasteiger partial charge in [-0.05, 0) is 92.4 Å². The minimum Gasteiger partial charge on any atom is -0.321 e. The molecule has 1 heterocycles. The van der Waals surface area contributed by atoms with Crippen LogP contribution in [0.2, 0.25) is 0 Å². The van der Waals surface area contributed by atoms with Crippen LogP contribution in [0.15, 0.2) is 65.1 Å². The number of nitrogens with zero attached hydrogens (tertiary/aromatic N) is 1. The third kappa shape index (κ3) is 5.27. The van der Waals surface area contributed by atoms with Gasteiger partial charge in [0.05, 0.1) is 5.52 Å². The number of benzene rings is 3. The van der Waals surface area contributed by atoms with Gasteiger partial charge in [0.1, 0.15) is 5.69 Å². The second-order valence-corrected chi connectivity index (χ2v) is 9.46. The van der Waals surface area contributed by atoms with E-state index in [2.05, 4.69) is 32.0 Å². The van der Waals surface area contributed by atoms with Crippen molar-refractivity contribution < 1.29 is 14.4 Å². The molecule has 0 radical (unpaired) electrons. The lowest BCUT2D eigenvalue weighted by molar-refractivity contribution is -0.133. The predicted octanol–water partition coefficient (Wildman–Crippen LogP) is 5.60. The predicted molar refractivity (Wildman–Crippen MR) is 142 cm³/mol. The zero-order valence-corrected chi connectivity index (χ0v) is 21.4. The molecular weight excluding hydrogens is 508 g/mol. The van der Waals surface area contributed by atoms with Crippen LogP contribution in [-0.4, -0.2) is 22.4 Å². The molecule has 35 heavy (non-hydrogen) atoms. The SMILES string of the molecule is Cc1cc(C)cc(NC(=O)c2cc3cc(Br)ccc3n2NC(=O)C(=O)Nc2cccc(C)c2C)c1. The van der Waals surface area contributed by atoms with Crippen molar-refractivity contribution >= 4 is 55.9 Å². The molecule has 8 heteroatoms. The summed E-state index contributed by atoms with van der Waals surface area (Å²) in [5.74, 6) is -2.15. The number of carbonyl (C=O) groups excluding carboxylic acids is 3. The fourth-order valence-electron chi connectivity index (χ4n) is 3.93. The summed E-state index contributed by atoms with van der Waals surface area (Å²) >= 11 is 3.44. The lowest BCUT2D eigenvalue weighted by atomic mass is 10.1. The Hall–Kier alpha value is -3.91. The molecule has 0 fully saturated rings. The lowest BCUT2D eigenvalue weighted by Gasteiger charge is -2.14. The Balaban J connectivity index is 1.64. The number of amides is 3. The second-order valence-electron chi connectivity index (χ2n) is 8.54. The van der Waals surface area contributed by atoms with Crippen molar-refractivity contribution in [2.75, 3.05) is 16.1 Å². The number of fused-ring (bicyclic) bond motifs is 1. The highest BCUT2D eigenvalue weighted by Crippen LogP contribution is 2.24. The van der Waals surface area contributed by atoms with E-state index < -0.39 is 17.7 Å². The van der Waals surface area contributed by atoms with Gasteiger partial charge < -0.3 is 10.6 Å². The van der Waals surface area contributed by atoms with Gasteiger partial charge in [-0.25, -0.2) is 4.68 Å². The van der Waals surface area contributed by atoms with Crippen LogP contribution in [0.25, 0.3) is 10.9 Å². The van der Waals surface area contributed by atoms with Crippen LogP contribution in [0.5, 0.6) is 0 Å². The monoisotopic (exact) mass is 532 g/mol. The van der Waals surface area contributed by atoms with Crippen molar-refractivity contribution in [2.45, 2.75) is 27.7 Å². The highest BCUT2D eigenvalue weighted by atomic mass is 79.9. The Morgan fingerprint density at radius 1 is 0.800 bits per heavy atom. The van der Waals surface area contributed by atoms with Crippen molar-refractivity contribution in [2.24, 2.45) is 0 Å². The number of anilines is 2. The Morgan fingerprint density at radius 2 is 1.51 bits per heavy atom. The Morgan fingerprint density at radius 3 is 2.23 bits per heavy atom. The fourth-order valence-corrected chi connectivity index (χ4v) is 4.31. The summed E-state index contributed by atoms with van der Waals surface area (Å²) in [6.07, 6.45) is 0. The first kappa shape index (κ1) is 24.2. The average Bonchev–Trinajstić information content (AvgIpc) is 3.13. The maximum absolute atomic E-state index is 13.2. The van der Waals surface area contributed by atoms with Crippen molar-refractivity contribution in [1.29, 1.82) is 0 Å². The van der Waals surface area contributed by atoms with E-state index in [1.165, 1.54) is 4.68 Å². The molecule has 0 saturated heterocycles. The zero-order valence-electron chi connectivity index (χ0n) is 19.8. The number of aryl methyl sites for hydroxylation is 3. The molecule has 0 aliphatic rings. The summed E-state index contributed by atoms with van der Waals surface area (Å²) in [7, 11) is 0. The van der Waals surface area contributed by atoms with Crippen LogP contribution in [-0.2, 0) is 9.59 Å². The van der Waals surface area contributed by atoms with Crippen molar-refractivity contribution in [3.63, 3.8) is 0 Å². The summed E-state index contributed by atoms with van der Waals surface area (Å²) in [5, 5.41) is 6.26. The molecule has 3 aromatic carbocycles. The van der Waals surface area contributed by atoms with Crippen LogP contribution < -0.4 is 16.1 Å². The molecule has 0 aliphatic carbocycles. The summed E-state index contributed by atoms with van der Waals surface area (Å²) in [6, 6.07) is 18.3. The Bertz CT molecular complexity index is 1470. The van der Waals surface area contributed by atoms with E-state index in [0.717, 1.165) is 32.1 Å². The van der Waals surface area contributed by atoms with E-state index in [4.69, 9.17) is 0 Å². The van der Waals surface area contributed by atoms with Crippen molar-refractivity contribution in [3.8, 4) is 0 Å². The van der Waals surface area contributed by atoms with Crippen LogP contribution in [0.4, 0.5) is 11.4 Å². The third-order valence-electron chi connectivity index (χ3n) is 5.75. The highest BCUT2D eigenvalue weighted by Gasteiger charge is 2.22. The maximum atomic E-state index is 13.2. The Labute approximate surface area is 211 Å². The molecular formula is C27H25BrN4O3. The minimum absolute atomic E-state index is 0.185. The van der Waals surface area contributed by atoms with Gasteiger partial charge in [-0.2, -0.15) is 0 Å². The summed E-state index contributed by atoms with van der Waals surface area (Å²) in [6.45, 7) is 7.70. The zero-order chi connectivity index (χ0) is 25.3. The minimum atomic E-state index is -0.897. The van der Waals surface area contributed by atoms with E-state index >= 15 is 0 Å². The average molecular weight is 533 g/mol. The molecule has 0 unspecified atom stereocenters. The standard InChI is InChI=1S/C27H25BrN4O3/c1-15-10-16(2)12-21(11-15)29-25(33)24-14-19-13-20(28)8-9-23(19)32(24)31-27(35)26(34)30-22-7-5-6-17(3)18(22)4/h5-14H,1-4H3,(H,29,33)(H,30,34)(H,31,35). The smallest absolute Gasteiger partial charge is 0.321 e. The molecule has 4 rings (SSSR count). The van der Waals surface area contributed by atoms with Gasteiger partial charge in [0, 0.05) is 21.2 Å². The van der Waals surface area contributed by atoms with Crippen LogP contribution in [0.3, 0.4) is 0 Å². The molecule has 0 aliphatic heterocycles. The molecule has 3 amide bonds. The van der Waals surface area contributed by atoms with Crippen molar-refractivity contribution in [3.05, 3.63) is 93.1 Å². The summed E-state index contributed by atoms with van der Waals surface area (Å²) in [5.41, 5.74) is 8.44. The summed E-state index contributed by atoms with van der Waals surface area (Å²) in [4.78, 5) is 38.8. The third-order valence-corrected chi connectivity index (χ3v) is 6.24. The first-order valence-corrected chi connectivity index (χ1v) is 11.8. The van der Waals surface area contributed by atoms with Gasteiger partial charge in [0.2, 0.25) is 0 Å². The van der Waals surface area contributed by atoms with E-state index in [0.29, 0.717) is 16.9 Å². The molecule has 3 N–H and O–H groups in total. The Kier molecular flexibility index (Phi) is 6.75. The van der Waals surface area contributed by atoms with Crippen LogP contribution in [0.1, 0.15) is 32.7 Å². The number of hydrogen-bond acceptors (Lipinski definition) is 3. The molecule has 0 atom stereocenters. The number of halogens is 1. The fraction of sp³-hybridized carbons (Fsp3) is 0.148. The van der Waals surface area contributed by atoms with E-state index in [1.807, 2.05) is 64.1 Å². The first-order valence-electron chi connectivity index (χ1n) is 11.0. The van der Waals surface area contributed by atoms with E-state index in [-0.39, 0.29) is 5.69 Å². The second kappa shape index (κ2) is 9.76. The molecule has 0 saturated carbocycles.